The molecule has 1 amide bonds. The molecule has 0 bridgehead atoms. The minimum Gasteiger partial charge on any atom is -0.350 e. The molecule has 2 heterocycles. The van der Waals surface area contributed by atoms with Crippen LogP contribution in [0.25, 0.3) is 0 Å². The number of ether oxygens (including phenoxy) is 2. The average molecular weight is 309 g/mol. The number of hydrogen-bond acceptors (Lipinski definition) is 3. The van der Waals surface area contributed by atoms with Crippen LogP contribution < -0.4 is 0 Å². The maximum atomic E-state index is 12.3. The number of rotatable bonds is 5. The summed E-state index contributed by atoms with van der Waals surface area (Å²) >= 11 is 0. The third kappa shape index (κ3) is 4.45. The summed E-state index contributed by atoms with van der Waals surface area (Å²) in [5.74, 6) is 1.74. The lowest BCUT2D eigenvalue weighted by molar-refractivity contribution is -0.137. The van der Waals surface area contributed by atoms with E-state index < -0.39 is 0 Å². The molecule has 22 heavy (non-hydrogen) atoms. The minimum absolute atomic E-state index is 0.0106. The number of hydrogen-bond donors (Lipinski definition) is 0. The van der Waals surface area contributed by atoms with Gasteiger partial charge in [-0.3, -0.25) is 4.79 Å². The van der Waals surface area contributed by atoms with Gasteiger partial charge in [-0.25, -0.2) is 0 Å². The van der Waals surface area contributed by atoms with E-state index in [1.54, 1.807) is 0 Å². The highest BCUT2D eigenvalue weighted by atomic mass is 16.7. The van der Waals surface area contributed by atoms with E-state index in [2.05, 4.69) is 4.90 Å². The standard InChI is InChI=1S/C18H31NO3/c20-17(8-4-7-15-5-2-1-3-6-15)19-11-9-16(10-12-19)18-21-13-14-22-18/h15-16,18H,1-14H2. The van der Waals surface area contributed by atoms with E-state index in [0.717, 1.165) is 57.9 Å². The first-order chi connectivity index (χ1) is 10.8. The van der Waals surface area contributed by atoms with Crippen molar-refractivity contribution in [3.63, 3.8) is 0 Å². The van der Waals surface area contributed by atoms with Gasteiger partial charge in [-0.15, -0.1) is 0 Å². The molecule has 0 radical (unpaired) electrons. The first kappa shape index (κ1) is 16.3. The molecule has 0 aromatic carbocycles. The van der Waals surface area contributed by atoms with Crippen molar-refractivity contribution < 1.29 is 14.3 Å². The molecule has 0 aromatic rings. The molecule has 0 spiro atoms. The Morgan fingerprint density at radius 3 is 2.32 bits per heavy atom. The van der Waals surface area contributed by atoms with Gasteiger partial charge >= 0.3 is 0 Å². The molecule has 0 aromatic heterocycles. The number of likely N-dealkylation sites (tertiary alicyclic amines) is 1. The van der Waals surface area contributed by atoms with E-state index in [-0.39, 0.29) is 6.29 Å². The summed E-state index contributed by atoms with van der Waals surface area (Å²) in [6.07, 6.45) is 12.1. The first-order valence-corrected chi connectivity index (χ1v) is 9.34. The van der Waals surface area contributed by atoms with Crippen molar-refractivity contribution >= 4 is 5.91 Å². The fourth-order valence-electron chi connectivity index (χ4n) is 4.25. The van der Waals surface area contributed by atoms with Gasteiger partial charge in [-0.1, -0.05) is 32.1 Å². The van der Waals surface area contributed by atoms with E-state index >= 15 is 0 Å². The van der Waals surface area contributed by atoms with E-state index in [0.29, 0.717) is 11.8 Å². The van der Waals surface area contributed by atoms with Gasteiger partial charge < -0.3 is 14.4 Å². The zero-order chi connectivity index (χ0) is 15.2. The first-order valence-electron chi connectivity index (χ1n) is 9.34. The van der Waals surface area contributed by atoms with Crippen LogP contribution in [-0.4, -0.2) is 43.4 Å². The smallest absolute Gasteiger partial charge is 0.222 e. The number of piperidine rings is 1. The molecule has 4 nitrogen and oxygen atoms in total. The third-order valence-electron chi connectivity index (χ3n) is 5.65. The highest BCUT2D eigenvalue weighted by Crippen LogP contribution is 2.29. The van der Waals surface area contributed by atoms with E-state index in [1.807, 2.05) is 0 Å². The van der Waals surface area contributed by atoms with E-state index in [4.69, 9.17) is 9.47 Å². The molecule has 4 heteroatoms. The zero-order valence-electron chi connectivity index (χ0n) is 13.8. The average Bonchev–Trinajstić information content (AvgIpc) is 3.10. The fourth-order valence-corrected chi connectivity index (χ4v) is 4.25. The van der Waals surface area contributed by atoms with Crippen molar-refractivity contribution in [3.05, 3.63) is 0 Å². The van der Waals surface area contributed by atoms with Crippen LogP contribution in [0.5, 0.6) is 0 Å². The van der Waals surface area contributed by atoms with Crippen molar-refractivity contribution in [3.8, 4) is 0 Å². The molecule has 2 saturated heterocycles. The zero-order valence-corrected chi connectivity index (χ0v) is 13.8. The second kappa shape index (κ2) is 8.30. The Labute approximate surface area is 134 Å². The summed E-state index contributed by atoms with van der Waals surface area (Å²) in [7, 11) is 0. The number of carbonyl (C=O) groups is 1. The Morgan fingerprint density at radius 2 is 1.64 bits per heavy atom. The van der Waals surface area contributed by atoms with Gasteiger partial charge in [0.25, 0.3) is 0 Å². The molecule has 2 aliphatic heterocycles. The molecule has 0 N–H and O–H groups in total. The van der Waals surface area contributed by atoms with Crippen LogP contribution in [0.3, 0.4) is 0 Å². The normalized spacial score (nSPS) is 25.7. The molecule has 3 fully saturated rings. The predicted octanol–water partition coefficient (Wildman–Crippen LogP) is 3.35. The molecule has 0 atom stereocenters. The van der Waals surface area contributed by atoms with Crippen LogP contribution >= 0.6 is 0 Å². The van der Waals surface area contributed by atoms with Gasteiger partial charge in [-0.05, 0) is 31.6 Å². The van der Waals surface area contributed by atoms with Crippen molar-refractivity contribution in [1.82, 2.24) is 4.90 Å². The lowest BCUT2D eigenvalue weighted by atomic mass is 9.86. The Hall–Kier alpha value is -0.610. The van der Waals surface area contributed by atoms with Crippen molar-refractivity contribution in [2.45, 2.75) is 70.5 Å². The topological polar surface area (TPSA) is 38.8 Å². The second-order valence-corrected chi connectivity index (χ2v) is 7.22. The number of nitrogens with zero attached hydrogens (tertiary/aromatic N) is 1. The van der Waals surface area contributed by atoms with E-state index in [9.17, 15) is 4.79 Å². The van der Waals surface area contributed by atoms with Crippen LogP contribution in [-0.2, 0) is 14.3 Å². The van der Waals surface area contributed by atoms with Crippen LogP contribution in [0, 0.1) is 11.8 Å². The number of amides is 1. The summed E-state index contributed by atoms with van der Waals surface area (Å²) in [5, 5.41) is 0. The molecular weight excluding hydrogens is 278 g/mol. The van der Waals surface area contributed by atoms with Crippen LogP contribution in [0.15, 0.2) is 0 Å². The van der Waals surface area contributed by atoms with Gasteiger partial charge in [0.15, 0.2) is 6.29 Å². The number of carbonyl (C=O) groups excluding carboxylic acids is 1. The SMILES string of the molecule is O=C(CCCC1CCCCC1)N1CCC(C2OCCO2)CC1. The van der Waals surface area contributed by atoms with Crippen LogP contribution in [0.1, 0.15) is 64.2 Å². The second-order valence-electron chi connectivity index (χ2n) is 7.22. The van der Waals surface area contributed by atoms with Gasteiger partial charge in [-0.2, -0.15) is 0 Å². The van der Waals surface area contributed by atoms with Crippen molar-refractivity contribution in [2.75, 3.05) is 26.3 Å². The van der Waals surface area contributed by atoms with E-state index in [1.165, 1.54) is 38.5 Å². The summed E-state index contributed by atoms with van der Waals surface area (Å²) in [6.45, 7) is 3.22. The quantitative estimate of drug-likeness (QED) is 0.782. The molecule has 0 unspecified atom stereocenters. The van der Waals surface area contributed by atoms with Crippen LogP contribution in [0.4, 0.5) is 0 Å². The Kier molecular flexibility index (Phi) is 6.13. The Balaban J connectivity index is 1.31. The van der Waals surface area contributed by atoms with Gasteiger partial charge in [0.05, 0.1) is 13.2 Å². The molecular formula is C18H31NO3. The Morgan fingerprint density at radius 1 is 0.955 bits per heavy atom. The maximum absolute atomic E-state index is 12.3. The largest absolute Gasteiger partial charge is 0.350 e. The highest BCUT2D eigenvalue weighted by molar-refractivity contribution is 5.76. The fraction of sp³-hybridized carbons (Fsp3) is 0.944. The lowest BCUT2D eigenvalue weighted by Crippen LogP contribution is -2.41. The predicted molar refractivity (Wildman–Crippen MR) is 85.4 cm³/mol. The molecule has 1 saturated carbocycles. The molecule has 3 rings (SSSR count). The van der Waals surface area contributed by atoms with Crippen LogP contribution in [0.2, 0.25) is 0 Å². The summed E-state index contributed by atoms with van der Waals surface area (Å²) in [5.41, 5.74) is 0. The minimum atomic E-state index is -0.0106. The molecule has 126 valence electrons. The summed E-state index contributed by atoms with van der Waals surface area (Å²) in [6, 6.07) is 0. The third-order valence-corrected chi connectivity index (χ3v) is 5.65. The molecule has 1 aliphatic carbocycles. The monoisotopic (exact) mass is 309 g/mol. The van der Waals surface area contributed by atoms with Gasteiger partial charge in [0.2, 0.25) is 5.91 Å². The van der Waals surface area contributed by atoms with Crippen molar-refractivity contribution in [2.24, 2.45) is 11.8 Å². The van der Waals surface area contributed by atoms with Crippen molar-refractivity contribution in [1.29, 1.82) is 0 Å². The maximum Gasteiger partial charge on any atom is 0.222 e. The van der Waals surface area contributed by atoms with Gasteiger partial charge in [0, 0.05) is 25.4 Å². The Bertz CT molecular complexity index is 340. The summed E-state index contributed by atoms with van der Waals surface area (Å²) < 4.78 is 11.2. The van der Waals surface area contributed by atoms with Gasteiger partial charge in [0.1, 0.15) is 0 Å². The highest BCUT2D eigenvalue weighted by Gasteiger charge is 2.31. The summed E-state index contributed by atoms with van der Waals surface area (Å²) in [4.78, 5) is 14.4. The lowest BCUT2D eigenvalue weighted by Gasteiger charge is -2.34. The molecule has 3 aliphatic rings.